The summed E-state index contributed by atoms with van der Waals surface area (Å²) in [5.74, 6) is -0.901. The summed E-state index contributed by atoms with van der Waals surface area (Å²) in [6.45, 7) is 0. The van der Waals surface area contributed by atoms with Crippen LogP contribution in [0.3, 0.4) is 0 Å². The number of hydrogen-bond acceptors (Lipinski definition) is 5. The lowest BCUT2D eigenvalue weighted by Crippen LogP contribution is -2.44. The third kappa shape index (κ3) is 5.24. The summed E-state index contributed by atoms with van der Waals surface area (Å²) in [6, 6.07) is 0.125. The average molecular weight is 237 g/mol. The van der Waals surface area contributed by atoms with Crippen LogP contribution in [0.2, 0.25) is 6.04 Å². The maximum Gasteiger partial charge on any atom is 0.500 e. The van der Waals surface area contributed by atoms with Crippen molar-refractivity contribution in [3.05, 3.63) is 0 Å². The van der Waals surface area contributed by atoms with Gasteiger partial charge in [0, 0.05) is 33.4 Å². The van der Waals surface area contributed by atoms with Gasteiger partial charge in [-0.05, 0) is 6.42 Å². The smallest absolute Gasteiger partial charge is 0.481 e. The van der Waals surface area contributed by atoms with Crippen molar-refractivity contribution in [2.24, 2.45) is 5.73 Å². The fraction of sp³-hybridized carbons (Fsp3) is 0.875. The second-order valence-electron chi connectivity index (χ2n) is 3.19. The highest BCUT2D eigenvalue weighted by Gasteiger charge is 2.37. The van der Waals surface area contributed by atoms with Gasteiger partial charge in [-0.25, -0.2) is 0 Å². The normalized spacial score (nSPS) is 13.9. The van der Waals surface area contributed by atoms with E-state index < -0.39 is 20.8 Å². The topological polar surface area (TPSA) is 91.0 Å². The summed E-state index contributed by atoms with van der Waals surface area (Å²) < 4.78 is 15.5. The van der Waals surface area contributed by atoms with Gasteiger partial charge in [0.2, 0.25) is 0 Å². The standard InChI is InChI=1S/C8H19NO5Si/c1-12-15(13-2,14-3)5-4-7(9)6-8(10)11/h7H,4-6,9H2,1-3H3,(H,10,11). The molecule has 0 aliphatic heterocycles. The zero-order valence-corrected chi connectivity index (χ0v) is 10.4. The Kier molecular flexibility index (Phi) is 6.69. The second-order valence-corrected chi connectivity index (χ2v) is 6.28. The predicted molar refractivity (Wildman–Crippen MR) is 56.4 cm³/mol. The molecule has 0 aromatic carbocycles. The molecule has 0 radical (unpaired) electrons. The van der Waals surface area contributed by atoms with Gasteiger partial charge >= 0.3 is 14.8 Å². The van der Waals surface area contributed by atoms with Gasteiger partial charge in [-0.1, -0.05) is 0 Å². The molecular weight excluding hydrogens is 218 g/mol. The van der Waals surface area contributed by atoms with Crippen molar-refractivity contribution in [3.8, 4) is 0 Å². The predicted octanol–water partition coefficient (Wildman–Crippen LogP) is 0.0566. The fourth-order valence-corrected chi connectivity index (χ4v) is 3.08. The number of carbonyl (C=O) groups is 1. The van der Waals surface area contributed by atoms with Crippen LogP contribution in [0.1, 0.15) is 12.8 Å². The minimum Gasteiger partial charge on any atom is -0.481 e. The lowest BCUT2D eigenvalue weighted by atomic mass is 10.2. The molecule has 0 aliphatic rings. The van der Waals surface area contributed by atoms with Gasteiger partial charge in [0.1, 0.15) is 0 Å². The first-order chi connectivity index (χ1) is 6.99. The van der Waals surface area contributed by atoms with Crippen LogP contribution in [0.15, 0.2) is 0 Å². The Morgan fingerprint density at radius 3 is 2.13 bits per heavy atom. The molecule has 15 heavy (non-hydrogen) atoms. The van der Waals surface area contributed by atoms with E-state index in [9.17, 15) is 4.79 Å². The molecule has 0 amide bonds. The minimum atomic E-state index is -2.60. The molecular formula is C8H19NO5Si. The third-order valence-corrected chi connectivity index (χ3v) is 4.96. The Hall–Kier alpha value is -0.473. The van der Waals surface area contributed by atoms with Crippen molar-refractivity contribution in [3.63, 3.8) is 0 Å². The van der Waals surface area contributed by atoms with Crippen LogP contribution < -0.4 is 5.73 Å². The van der Waals surface area contributed by atoms with Crippen molar-refractivity contribution in [2.75, 3.05) is 21.3 Å². The summed E-state index contributed by atoms with van der Waals surface area (Å²) in [7, 11) is 1.94. The van der Waals surface area contributed by atoms with Crippen LogP contribution in [0.4, 0.5) is 0 Å². The van der Waals surface area contributed by atoms with Crippen LogP contribution in [0, 0.1) is 0 Å². The second kappa shape index (κ2) is 6.91. The molecule has 0 fully saturated rings. The Balaban J connectivity index is 4.04. The first-order valence-electron chi connectivity index (χ1n) is 4.62. The molecule has 0 saturated carbocycles. The first-order valence-corrected chi connectivity index (χ1v) is 6.55. The lowest BCUT2D eigenvalue weighted by molar-refractivity contribution is -0.137. The first kappa shape index (κ1) is 14.5. The van der Waals surface area contributed by atoms with Crippen molar-refractivity contribution in [1.82, 2.24) is 0 Å². The summed E-state index contributed by atoms with van der Waals surface area (Å²) >= 11 is 0. The third-order valence-electron chi connectivity index (χ3n) is 2.19. The molecule has 3 N–H and O–H groups in total. The SMILES string of the molecule is CO[Si](CCC(N)CC(=O)O)(OC)OC. The fourth-order valence-electron chi connectivity index (χ4n) is 1.24. The van der Waals surface area contributed by atoms with Gasteiger partial charge in [-0.2, -0.15) is 0 Å². The Morgan fingerprint density at radius 1 is 1.33 bits per heavy atom. The Bertz CT molecular complexity index is 189. The van der Waals surface area contributed by atoms with Crippen LogP contribution in [0.5, 0.6) is 0 Å². The van der Waals surface area contributed by atoms with E-state index in [-0.39, 0.29) is 6.42 Å². The molecule has 0 saturated heterocycles. The summed E-state index contributed by atoms with van der Waals surface area (Å²) in [5.41, 5.74) is 5.62. The molecule has 0 aromatic rings. The van der Waals surface area contributed by atoms with E-state index in [0.717, 1.165) is 0 Å². The van der Waals surface area contributed by atoms with E-state index in [2.05, 4.69) is 0 Å². The van der Waals surface area contributed by atoms with Crippen molar-refractivity contribution in [2.45, 2.75) is 24.9 Å². The van der Waals surface area contributed by atoms with Crippen LogP contribution in [-0.4, -0.2) is 47.3 Å². The highest BCUT2D eigenvalue weighted by Crippen LogP contribution is 2.16. The highest BCUT2D eigenvalue weighted by molar-refractivity contribution is 6.60. The van der Waals surface area contributed by atoms with Gasteiger partial charge in [0.15, 0.2) is 0 Å². The molecule has 0 heterocycles. The molecule has 1 unspecified atom stereocenters. The molecule has 6 nitrogen and oxygen atoms in total. The largest absolute Gasteiger partial charge is 0.500 e. The molecule has 1 atom stereocenters. The monoisotopic (exact) mass is 237 g/mol. The van der Waals surface area contributed by atoms with Gasteiger partial charge in [0.25, 0.3) is 0 Å². The Morgan fingerprint density at radius 2 is 1.80 bits per heavy atom. The minimum absolute atomic E-state index is 0.0539. The number of carboxylic acids is 1. The van der Waals surface area contributed by atoms with Crippen molar-refractivity contribution < 1.29 is 23.2 Å². The molecule has 0 aromatic heterocycles. The van der Waals surface area contributed by atoms with Crippen LogP contribution >= 0.6 is 0 Å². The summed E-state index contributed by atoms with van der Waals surface area (Å²) in [4.78, 5) is 10.4. The molecule has 0 spiro atoms. The Labute approximate surface area is 90.7 Å². The van der Waals surface area contributed by atoms with Gasteiger partial charge in [0.05, 0.1) is 6.42 Å². The van der Waals surface area contributed by atoms with E-state index in [0.29, 0.717) is 12.5 Å². The summed E-state index contributed by atoms with van der Waals surface area (Å²) in [5, 5.41) is 8.52. The number of aliphatic carboxylic acids is 1. The number of carboxylic acid groups (broad SMARTS) is 1. The quantitative estimate of drug-likeness (QED) is 0.580. The maximum absolute atomic E-state index is 10.4. The van der Waals surface area contributed by atoms with E-state index in [1.165, 1.54) is 21.3 Å². The lowest BCUT2D eigenvalue weighted by Gasteiger charge is -2.25. The van der Waals surface area contributed by atoms with Crippen LogP contribution in [-0.2, 0) is 18.1 Å². The zero-order chi connectivity index (χ0) is 11.9. The number of nitrogens with two attached hydrogens (primary N) is 1. The molecule has 0 rings (SSSR count). The van der Waals surface area contributed by atoms with E-state index >= 15 is 0 Å². The maximum atomic E-state index is 10.4. The molecule has 0 bridgehead atoms. The van der Waals surface area contributed by atoms with Crippen LogP contribution in [0.25, 0.3) is 0 Å². The molecule has 0 aliphatic carbocycles. The molecule has 7 heteroatoms. The number of rotatable bonds is 8. The van der Waals surface area contributed by atoms with Crippen molar-refractivity contribution >= 4 is 14.8 Å². The van der Waals surface area contributed by atoms with E-state index in [1.54, 1.807) is 0 Å². The van der Waals surface area contributed by atoms with E-state index in [4.69, 9.17) is 24.1 Å². The zero-order valence-electron chi connectivity index (χ0n) is 9.36. The number of hydrogen-bond donors (Lipinski definition) is 2. The van der Waals surface area contributed by atoms with Gasteiger partial charge in [-0.3, -0.25) is 4.79 Å². The van der Waals surface area contributed by atoms with Crippen molar-refractivity contribution in [1.29, 1.82) is 0 Å². The highest BCUT2D eigenvalue weighted by atomic mass is 28.4. The summed E-state index contributed by atoms with van der Waals surface area (Å²) in [6.07, 6.45) is 0.454. The van der Waals surface area contributed by atoms with E-state index in [1.807, 2.05) is 0 Å². The molecule has 90 valence electrons. The van der Waals surface area contributed by atoms with Gasteiger partial charge < -0.3 is 24.1 Å². The average Bonchev–Trinajstić information content (AvgIpc) is 2.20. The van der Waals surface area contributed by atoms with Gasteiger partial charge in [-0.15, -0.1) is 0 Å².